The van der Waals surface area contributed by atoms with Gasteiger partial charge in [-0.05, 0) is 106 Å². The number of nitrogens with one attached hydrogen (secondary N) is 5. The lowest BCUT2D eigenvalue weighted by Crippen LogP contribution is -2.53. The first-order chi connectivity index (χ1) is 38.6. The van der Waals surface area contributed by atoms with Crippen LogP contribution in [0.2, 0.25) is 5.02 Å². The molecular formula is C56H62ClF3N16O5. The number of urea groups is 1. The first-order valence-electron chi connectivity index (χ1n) is 25.9. The number of carbonyl (C=O) groups is 4. The molecule has 7 heterocycles. The molecule has 9 rings (SSSR count). The van der Waals surface area contributed by atoms with Crippen LogP contribution in [-0.4, -0.2) is 128 Å². The summed E-state index contributed by atoms with van der Waals surface area (Å²) in [4.78, 5) is 84.0. The van der Waals surface area contributed by atoms with Gasteiger partial charge >= 0.3 is 12.2 Å². The van der Waals surface area contributed by atoms with Crippen LogP contribution in [0.25, 0.3) is 22.1 Å². The van der Waals surface area contributed by atoms with Crippen molar-refractivity contribution in [2.75, 3.05) is 67.8 Å². The predicted molar refractivity (Wildman–Crippen MR) is 301 cm³/mol. The van der Waals surface area contributed by atoms with Crippen LogP contribution in [0.3, 0.4) is 0 Å². The molecule has 424 valence electrons. The van der Waals surface area contributed by atoms with Gasteiger partial charge in [0.05, 0.1) is 45.6 Å². The molecule has 7 aromatic rings. The first-order valence-corrected chi connectivity index (χ1v) is 26.3. The summed E-state index contributed by atoms with van der Waals surface area (Å²) < 4.78 is 44.7. The van der Waals surface area contributed by atoms with Gasteiger partial charge in [-0.3, -0.25) is 19.4 Å². The average molecular weight is 1130 g/mol. The molecule has 5 unspecified atom stereocenters. The Hall–Kier alpha value is -9.03. The lowest BCUT2D eigenvalue weighted by atomic mass is 9.91. The van der Waals surface area contributed by atoms with Crippen molar-refractivity contribution >= 4 is 80.4 Å². The molecule has 21 nitrogen and oxygen atoms in total. The van der Waals surface area contributed by atoms with Crippen molar-refractivity contribution in [3.8, 4) is 23.6 Å². The van der Waals surface area contributed by atoms with Gasteiger partial charge in [-0.2, -0.15) is 23.7 Å². The number of hydrogen-bond acceptors (Lipinski definition) is 14. The van der Waals surface area contributed by atoms with Gasteiger partial charge in [0.2, 0.25) is 11.8 Å². The smallest absolute Gasteiger partial charge is 0.417 e. The number of aryl methyl sites for hydroxylation is 2. The largest absolute Gasteiger partial charge is 0.457 e. The number of rotatable bonds is 11. The highest BCUT2D eigenvalue weighted by molar-refractivity contribution is 6.31. The number of carbonyl (C=O) groups excluding carboxylic acids is 4. The Morgan fingerprint density at radius 1 is 0.827 bits per heavy atom. The maximum absolute atomic E-state index is 13.0. The number of nitrogens with zero attached hydrogens (tertiary/aromatic N) is 11. The van der Waals surface area contributed by atoms with Gasteiger partial charge < -0.3 is 50.3 Å². The van der Waals surface area contributed by atoms with Crippen LogP contribution in [0.5, 0.6) is 11.5 Å². The topological polar surface area (TPSA) is 270 Å². The molecule has 0 radical (unpaired) electrons. The Morgan fingerprint density at radius 2 is 1.44 bits per heavy atom. The number of nitriles is 2. The number of H-pyrrole nitrogens is 2. The minimum atomic E-state index is -4.64. The fourth-order valence-corrected chi connectivity index (χ4v) is 9.87. The molecule has 2 saturated heterocycles. The second-order valence-electron chi connectivity index (χ2n) is 19.9. The third kappa shape index (κ3) is 14.6. The van der Waals surface area contributed by atoms with E-state index >= 15 is 0 Å². The highest BCUT2D eigenvalue weighted by atomic mass is 35.5. The monoisotopic (exact) mass is 1130 g/mol. The number of likely N-dealkylation sites (tertiary alicyclic amines) is 2. The Kier molecular flexibility index (Phi) is 19.4. The molecule has 5 amide bonds. The molecule has 5 N–H and O–H groups in total. The third-order valence-corrected chi connectivity index (χ3v) is 14.5. The molecule has 0 saturated carbocycles. The minimum Gasteiger partial charge on any atom is -0.457 e. The number of aromatic nitrogens is 7. The fourth-order valence-electron chi connectivity index (χ4n) is 9.64. The van der Waals surface area contributed by atoms with Gasteiger partial charge in [0.1, 0.15) is 65.1 Å². The molecule has 2 aromatic carbocycles. The lowest BCUT2D eigenvalue weighted by molar-refractivity contribution is -0.137. The Bertz CT molecular complexity index is 3490. The number of pyridine rings is 1. The maximum Gasteiger partial charge on any atom is 0.417 e. The number of benzene rings is 2. The number of fused-ring (bicyclic) bond motifs is 2. The van der Waals surface area contributed by atoms with E-state index in [1.54, 1.807) is 55.7 Å². The van der Waals surface area contributed by atoms with E-state index < -0.39 is 28.7 Å². The first kappa shape index (κ1) is 59.6. The van der Waals surface area contributed by atoms with Crippen molar-refractivity contribution in [1.82, 2.24) is 50.0 Å². The van der Waals surface area contributed by atoms with Gasteiger partial charge in [0.25, 0.3) is 5.91 Å². The normalized spacial score (nSPS) is 17.2. The van der Waals surface area contributed by atoms with Crippen molar-refractivity contribution in [3.05, 3.63) is 113 Å². The zero-order chi connectivity index (χ0) is 58.7. The Balaban J connectivity index is 0.000000179. The Labute approximate surface area is 470 Å². The van der Waals surface area contributed by atoms with E-state index in [0.717, 1.165) is 64.4 Å². The van der Waals surface area contributed by atoms with Crippen LogP contribution in [-0.2, 0) is 15.8 Å². The Morgan fingerprint density at radius 3 is 2.07 bits per heavy atom. The zero-order valence-corrected chi connectivity index (χ0v) is 46.6. The molecule has 5 aromatic heterocycles. The van der Waals surface area contributed by atoms with E-state index in [4.69, 9.17) is 26.9 Å². The molecule has 0 bridgehead atoms. The molecule has 2 aliphatic heterocycles. The number of hydrogen-bond donors (Lipinski definition) is 5. The number of piperidine rings is 2. The van der Waals surface area contributed by atoms with E-state index in [1.165, 1.54) is 25.4 Å². The van der Waals surface area contributed by atoms with Crippen molar-refractivity contribution in [3.63, 3.8) is 0 Å². The van der Waals surface area contributed by atoms with Crippen LogP contribution in [0.4, 0.5) is 41.0 Å². The summed E-state index contributed by atoms with van der Waals surface area (Å²) in [6.07, 6.45) is 3.55. The molecule has 0 aliphatic carbocycles. The number of likely N-dealkylation sites (N-methyl/N-ethyl adjacent to an activating group) is 2. The van der Waals surface area contributed by atoms with Crippen LogP contribution in [0.15, 0.2) is 85.7 Å². The van der Waals surface area contributed by atoms with Crippen LogP contribution in [0.1, 0.15) is 67.3 Å². The predicted octanol–water partition coefficient (Wildman–Crippen LogP) is 9.50. The molecule has 0 spiro atoms. The van der Waals surface area contributed by atoms with Crippen LogP contribution in [0, 0.1) is 54.3 Å². The van der Waals surface area contributed by atoms with Gasteiger partial charge in [-0.1, -0.05) is 25.4 Å². The molecule has 5 atom stereocenters. The number of ether oxygens (including phenoxy) is 1. The van der Waals surface area contributed by atoms with Crippen molar-refractivity contribution in [1.29, 1.82) is 10.5 Å². The molecule has 25 heteroatoms. The highest BCUT2D eigenvalue weighted by Crippen LogP contribution is 2.37. The average Bonchev–Trinajstić information content (AvgIpc) is 4.35. The van der Waals surface area contributed by atoms with E-state index in [9.17, 15) is 32.3 Å². The van der Waals surface area contributed by atoms with Gasteiger partial charge in [0.15, 0.2) is 0 Å². The number of anilines is 4. The number of aromatic amines is 2. The van der Waals surface area contributed by atoms with E-state index in [2.05, 4.69) is 74.5 Å². The number of halogens is 4. The van der Waals surface area contributed by atoms with Gasteiger partial charge in [0, 0.05) is 82.9 Å². The summed E-state index contributed by atoms with van der Waals surface area (Å²) in [5.74, 6) is 2.34. The molecule has 81 heavy (non-hydrogen) atoms. The second-order valence-corrected chi connectivity index (χ2v) is 20.3. The van der Waals surface area contributed by atoms with Crippen molar-refractivity contribution < 1.29 is 37.1 Å². The second kappa shape index (κ2) is 26.3. The summed E-state index contributed by atoms with van der Waals surface area (Å²) in [6.45, 7) is 12.5. The summed E-state index contributed by atoms with van der Waals surface area (Å²) in [5.41, 5.74) is 2.81. The van der Waals surface area contributed by atoms with Crippen LogP contribution < -0.4 is 30.5 Å². The summed E-state index contributed by atoms with van der Waals surface area (Å²) in [6, 6.07) is 18.5. The third-order valence-electron chi connectivity index (χ3n) is 14.2. The SMILES string of the molecule is CC(C#N)C(=O)N1CCC(C)C(N(C)c2ncnc3[nH]ccc23)C1.CNC(=O)c1cc(Oc2ccc(NC(=O)Nc3ccc(Cl)c(C(F)(F)F)c3)cc2C)ccn1.Cc1cc2c(N(C)C3CN(C(=O)CC#N)CCC3C)ncnc2[nH]1. The fraction of sp³-hybridized carbons (Fsp3) is 0.375. The van der Waals surface area contributed by atoms with Gasteiger partial charge in [-0.15, -0.1) is 0 Å². The lowest BCUT2D eigenvalue weighted by Gasteiger charge is -2.42. The number of amides is 5. The van der Waals surface area contributed by atoms with Crippen molar-refractivity contribution in [2.45, 2.75) is 72.1 Å². The quantitative estimate of drug-likeness (QED) is 0.0807. The van der Waals surface area contributed by atoms with Gasteiger partial charge in [-0.25, -0.2) is 24.7 Å². The van der Waals surface area contributed by atoms with E-state index in [1.807, 2.05) is 56.4 Å². The summed E-state index contributed by atoms with van der Waals surface area (Å²) in [7, 11) is 5.52. The van der Waals surface area contributed by atoms with E-state index in [0.29, 0.717) is 60.8 Å². The molecule has 2 fully saturated rings. The molecule has 2 aliphatic rings. The summed E-state index contributed by atoms with van der Waals surface area (Å²) >= 11 is 5.59. The van der Waals surface area contributed by atoms with Crippen LogP contribution >= 0.6 is 11.6 Å². The van der Waals surface area contributed by atoms with Crippen molar-refractivity contribution in [2.24, 2.45) is 17.8 Å². The standard InChI is InChI=1S/C22H18ClF3N4O3.2C17H22N6O/c1-12-9-13(4-6-19(12)33-15-7-8-28-18(11-15)20(31)27-2)29-21(32)30-14-3-5-17(23)16(10-14)22(24,25)26;1-11-5-7-23(15(24)4-6-18)9-14(11)22(3)17-13-8-12(2)21-16(13)19-10-20-17;1-11-5-7-23(17(24)12(2)8-18)9-14(11)22(3)16-13-4-6-19-15(13)20-10-21-16/h3-11H,1-2H3,(H,27,31)(H2,29,30,32);8,10-11,14H,4-5,7,9H2,1-3H3,(H,19,20,21);4,6,10-12,14H,5,7,9H2,1-3H3,(H,19,20,21). The van der Waals surface area contributed by atoms with E-state index in [-0.39, 0.29) is 47.6 Å². The zero-order valence-electron chi connectivity index (χ0n) is 45.9. The molecular weight excluding hydrogens is 1070 g/mol. The maximum atomic E-state index is 13.0. The highest BCUT2D eigenvalue weighted by Gasteiger charge is 2.36. The number of alkyl halides is 3. The minimum absolute atomic E-state index is 0.0560. The summed E-state index contributed by atoms with van der Waals surface area (Å²) in [5, 5.41) is 26.6.